The summed E-state index contributed by atoms with van der Waals surface area (Å²) in [6.45, 7) is 8.32. The lowest BCUT2D eigenvalue weighted by Crippen LogP contribution is -2.39. The Morgan fingerprint density at radius 1 is 1.26 bits per heavy atom. The topological polar surface area (TPSA) is 82.6 Å². The molecule has 1 N–H and O–H groups in total. The molecule has 1 atom stereocenters. The lowest BCUT2D eigenvalue weighted by molar-refractivity contribution is 0.102. The van der Waals surface area contributed by atoms with Crippen LogP contribution < -0.4 is 5.32 Å². The van der Waals surface area contributed by atoms with Crippen molar-refractivity contribution >= 4 is 32.4 Å². The molecule has 1 saturated heterocycles. The van der Waals surface area contributed by atoms with Crippen molar-refractivity contribution in [1.82, 2.24) is 14.2 Å². The van der Waals surface area contributed by atoms with Gasteiger partial charge in [-0.25, -0.2) is 13.4 Å². The smallest absolute Gasteiger partial charge is 0.257 e. The Balaban J connectivity index is 1.42. The molecule has 1 aromatic carbocycles. The Kier molecular flexibility index (Phi) is 6.76. The van der Waals surface area contributed by atoms with E-state index < -0.39 is 10.0 Å². The van der Waals surface area contributed by atoms with Crippen molar-refractivity contribution in [1.29, 1.82) is 0 Å². The monoisotopic (exact) mass is 462 g/mol. The van der Waals surface area contributed by atoms with E-state index in [-0.39, 0.29) is 10.8 Å². The summed E-state index contributed by atoms with van der Waals surface area (Å²) in [6, 6.07) is 6.20. The van der Waals surface area contributed by atoms with Crippen molar-refractivity contribution in [3.8, 4) is 0 Å². The minimum Gasteiger partial charge on any atom is -0.298 e. The summed E-state index contributed by atoms with van der Waals surface area (Å²) in [5.41, 5.74) is 1.50. The number of fused-ring (bicyclic) bond motifs is 1. The van der Waals surface area contributed by atoms with Gasteiger partial charge >= 0.3 is 0 Å². The molecule has 2 aliphatic heterocycles. The van der Waals surface area contributed by atoms with Crippen molar-refractivity contribution in [3.05, 3.63) is 40.4 Å². The highest BCUT2D eigenvalue weighted by atomic mass is 32.2. The van der Waals surface area contributed by atoms with Crippen LogP contribution in [0.2, 0.25) is 0 Å². The number of benzene rings is 1. The SMILES string of the molecule is CCCN1CCc2nc(NC(=O)c3ccc(S(=O)(=O)N4CCCC(C)C4)cc3)sc2C1. The number of carbonyl (C=O) groups excluding carboxylic acids is 1. The summed E-state index contributed by atoms with van der Waals surface area (Å²) in [7, 11) is -3.52. The Bertz CT molecular complexity index is 1030. The zero-order chi connectivity index (χ0) is 22.0. The van der Waals surface area contributed by atoms with Crippen LogP contribution in [0.1, 0.15) is 54.0 Å². The van der Waals surface area contributed by atoms with Gasteiger partial charge in [0.15, 0.2) is 5.13 Å². The minimum atomic E-state index is -3.52. The normalized spacial score (nSPS) is 20.4. The third-order valence-corrected chi connectivity index (χ3v) is 8.82. The molecular weight excluding hydrogens is 432 g/mol. The van der Waals surface area contributed by atoms with Crippen LogP contribution in [-0.2, 0) is 23.0 Å². The lowest BCUT2D eigenvalue weighted by Gasteiger charge is -2.30. The second kappa shape index (κ2) is 9.36. The van der Waals surface area contributed by atoms with Crippen molar-refractivity contribution in [3.63, 3.8) is 0 Å². The van der Waals surface area contributed by atoms with Crippen molar-refractivity contribution in [2.45, 2.75) is 51.0 Å². The molecule has 2 aromatic rings. The molecule has 1 fully saturated rings. The zero-order valence-corrected chi connectivity index (χ0v) is 19.8. The molecule has 0 spiro atoms. The summed E-state index contributed by atoms with van der Waals surface area (Å²) in [5.74, 6) is 0.0961. The van der Waals surface area contributed by atoms with E-state index in [2.05, 4.69) is 29.0 Å². The van der Waals surface area contributed by atoms with E-state index in [1.807, 2.05) is 0 Å². The Labute approximate surface area is 188 Å². The third-order valence-electron chi connectivity index (χ3n) is 5.94. The van der Waals surface area contributed by atoms with E-state index in [1.54, 1.807) is 16.4 Å². The van der Waals surface area contributed by atoms with Gasteiger partial charge < -0.3 is 0 Å². The highest BCUT2D eigenvalue weighted by molar-refractivity contribution is 7.89. The maximum atomic E-state index is 12.9. The third kappa shape index (κ3) is 5.00. The molecule has 168 valence electrons. The Morgan fingerprint density at radius 2 is 2.03 bits per heavy atom. The molecule has 9 heteroatoms. The zero-order valence-electron chi connectivity index (χ0n) is 18.1. The average molecular weight is 463 g/mol. The number of hydrogen-bond acceptors (Lipinski definition) is 6. The van der Waals surface area contributed by atoms with Crippen molar-refractivity contribution in [2.75, 3.05) is 31.5 Å². The number of nitrogens with one attached hydrogen (secondary N) is 1. The number of hydrogen-bond donors (Lipinski definition) is 1. The second-order valence-electron chi connectivity index (χ2n) is 8.50. The van der Waals surface area contributed by atoms with Gasteiger partial charge in [0.05, 0.1) is 10.6 Å². The number of sulfonamides is 1. The number of rotatable bonds is 6. The van der Waals surface area contributed by atoms with Crippen LogP contribution in [0.25, 0.3) is 0 Å². The van der Waals surface area contributed by atoms with Crippen LogP contribution in [0.15, 0.2) is 29.2 Å². The van der Waals surface area contributed by atoms with Gasteiger partial charge in [0.1, 0.15) is 0 Å². The van der Waals surface area contributed by atoms with E-state index in [9.17, 15) is 13.2 Å². The fourth-order valence-electron chi connectivity index (χ4n) is 4.27. The van der Waals surface area contributed by atoms with Crippen LogP contribution in [-0.4, -0.2) is 54.7 Å². The molecule has 31 heavy (non-hydrogen) atoms. The van der Waals surface area contributed by atoms with Gasteiger partial charge in [-0.05, 0) is 56.0 Å². The van der Waals surface area contributed by atoms with Gasteiger partial charge in [-0.2, -0.15) is 4.31 Å². The molecule has 1 amide bonds. The van der Waals surface area contributed by atoms with E-state index in [4.69, 9.17) is 0 Å². The van der Waals surface area contributed by atoms with Gasteiger partial charge in [0.25, 0.3) is 5.91 Å². The predicted molar refractivity (Wildman–Crippen MR) is 123 cm³/mol. The number of thiazole rings is 1. The maximum Gasteiger partial charge on any atom is 0.257 e. The molecule has 0 saturated carbocycles. The van der Waals surface area contributed by atoms with E-state index in [0.29, 0.717) is 29.7 Å². The molecule has 2 aliphatic rings. The van der Waals surface area contributed by atoms with E-state index in [1.165, 1.54) is 28.3 Å². The van der Waals surface area contributed by atoms with Gasteiger partial charge in [-0.1, -0.05) is 13.8 Å². The summed E-state index contributed by atoms with van der Waals surface area (Å²) in [6.07, 6.45) is 3.97. The molecule has 1 unspecified atom stereocenters. The quantitative estimate of drug-likeness (QED) is 0.709. The number of amides is 1. The van der Waals surface area contributed by atoms with Crippen LogP contribution >= 0.6 is 11.3 Å². The first-order valence-electron chi connectivity index (χ1n) is 11.0. The van der Waals surface area contributed by atoms with Gasteiger partial charge in [-0.15, -0.1) is 11.3 Å². The Hall–Kier alpha value is -1.81. The van der Waals surface area contributed by atoms with E-state index >= 15 is 0 Å². The molecule has 1 aromatic heterocycles. The highest BCUT2D eigenvalue weighted by Crippen LogP contribution is 2.29. The largest absolute Gasteiger partial charge is 0.298 e. The first-order valence-corrected chi connectivity index (χ1v) is 13.2. The average Bonchev–Trinajstić information content (AvgIpc) is 3.15. The fraction of sp³-hybridized carbons (Fsp3) is 0.545. The molecule has 0 bridgehead atoms. The van der Waals surface area contributed by atoms with Gasteiger partial charge in [-0.3, -0.25) is 15.0 Å². The molecule has 3 heterocycles. The number of anilines is 1. The van der Waals surface area contributed by atoms with Crippen molar-refractivity contribution < 1.29 is 13.2 Å². The van der Waals surface area contributed by atoms with Crippen LogP contribution in [0.5, 0.6) is 0 Å². The first kappa shape index (κ1) is 22.4. The number of aromatic nitrogens is 1. The van der Waals surface area contributed by atoms with Crippen LogP contribution in [0.4, 0.5) is 5.13 Å². The maximum absolute atomic E-state index is 12.9. The van der Waals surface area contributed by atoms with Crippen molar-refractivity contribution in [2.24, 2.45) is 5.92 Å². The second-order valence-corrected chi connectivity index (χ2v) is 11.5. The first-order chi connectivity index (χ1) is 14.9. The minimum absolute atomic E-state index is 0.235. The molecule has 7 nitrogen and oxygen atoms in total. The standard InChI is InChI=1S/C22H30N4O3S2/c1-3-11-25-13-10-19-20(15-25)30-22(23-19)24-21(27)17-6-8-18(9-7-17)31(28,29)26-12-4-5-16(2)14-26/h6-9,16H,3-5,10-15H2,1-2H3,(H,23,24,27). The molecule has 0 radical (unpaired) electrons. The fourth-order valence-corrected chi connectivity index (χ4v) is 6.91. The highest BCUT2D eigenvalue weighted by Gasteiger charge is 2.28. The van der Waals surface area contributed by atoms with Crippen LogP contribution in [0.3, 0.4) is 0 Å². The number of nitrogens with zero attached hydrogens (tertiary/aromatic N) is 3. The number of piperidine rings is 1. The molecule has 4 rings (SSSR count). The summed E-state index contributed by atoms with van der Waals surface area (Å²) in [5, 5.41) is 3.48. The van der Waals surface area contributed by atoms with Gasteiger partial charge in [0, 0.05) is 43.0 Å². The Morgan fingerprint density at radius 3 is 2.74 bits per heavy atom. The van der Waals surface area contributed by atoms with Crippen LogP contribution in [0, 0.1) is 5.92 Å². The summed E-state index contributed by atoms with van der Waals surface area (Å²) in [4.78, 5) is 21.1. The molecular formula is C22H30N4O3S2. The molecule has 0 aliphatic carbocycles. The predicted octanol–water partition coefficient (Wildman–Crippen LogP) is 3.58. The van der Waals surface area contributed by atoms with Gasteiger partial charge in [0.2, 0.25) is 10.0 Å². The summed E-state index contributed by atoms with van der Waals surface area (Å²) >= 11 is 1.53. The summed E-state index contributed by atoms with van der Waals surface area (Å²) < 4.78 is 27.4. The number of carbonyl (C=O) groups is 1. The van der Waals surface area contributed by atoms with E-state index in [0.717, 1.165) is 51.0 Å². The lowest BCUT2D eigenvalue weighted by atomic mass is 10.0.